The lowest BCUT2D eigenvalue weighted by molar-refractivity contribution is 0.859. The van der Waals surface area contributed by atoms with Gasteiger partial charge in [0.1, 0.15) is 6.04 Å². The van der Waals surface area contributed by atoms with Gasteiger partial charge in [-0.1, -0.05) is 42.5 Å². The number of nitrogens with zero attached hydrogens (tertiary/aromatic N) is 2. The van der Waals surface area contributed by atoms with E-state index in [-0.39, 0.29) is 6.04 Å². The molecule has 4 heteroatoms. The van der Waals surface area contributed by atoms with Crippen LogP contribution in [0.15, 0.2) is 76.6 Å². The van der Waals surface area contributed by atoms with Crippen LogP contribution in [0.4, 0.5) is 5.69 Å². The van der Waals surface area contributed by atoms with Gasteiger partial charge in [0.2, 0.25) is 0 Å². The van der Waals surface area contributed by atoms with E-state index in [4.69, 9.17) is 5.84 Å². The Morgan fingerprint density at radius 1 is 1.18 bits per heavy atom. The van der Waals surface area contributed by atoms with E-state index in [9.17, 15) is 0 Å². The SMILES string of the molecule is NNC=C1C=CC=CC1N=Nc1ccccc1. The van der Waals surface area contributed by atoms with Gasteiger partial charge in [-0.15, -0.1) is 0 Å². The number of hydrogen-bond donors (Lipinski definition) is 2. The quantitative estimate of drug-likeness (QED) is 0.472. The van der Waals surface area contributed by atoms with E-state index in [0.29, 0.717) is 0 Å². The first-order valence-electron chi connectivity index (χ1n) is 5.37. The molecular weight excluding hydrogens is 212 g/mol. The number of hydrazine groups is 1. The van der Waals surface area contributed by atoms with Crippen LogP contribution in [-0.4, -0.2) is 6.04 Å². The monoisotopic (exact) mass is 226 g/mol. The molecule has 3 N–H and O–H groups in total. The molecule has 0 heterocycles. The van der Waals surface area contributed by atoms with Crippen molar-refractivity contribution in [1.29, 1.82) is 0 Å². The lowest BCUT2D eigenvalue weighted by atomic mass is 10.0. The zero-order valence-corrected chi connectivity index (χ0v) is 9.32. The van der Waals surface area contributed by atoms with Gasteiger partial charge in [0.25, 0.3) is 0 Å². The van der Waals surface area contributed by atoms with Crippen molar-refractivity contribution in [3.8, 4) is 0 Å². The second kappa shape index (κ2) is 5.77. The van der Waals surface area contributed by atoms with E-state index in [1.54, 1.807) is 6.20 Å². The molecule has 1 unspecified atom stereocenters. The predicted molar refractivity (Wildman–Crippen MR) is 68.4 cm³/mol. The van der Waals surface area contributed by atoms with Crippen LogP contribution in [0.3, 0.4) is 0 Å². The third-order valence-electron chi connectivity index (χ3n) is 2.34. The first kappa shape index (κ1) is 11.3. The minimum atomic E-state index is -0.0868. The molecule has 1 aromatic carbocycles. The van der Waals surface area contributed by atoms with Gasteiger partial charge in [-0.3, -0.25) is 5.84 Å². The van der Waals surface area contributed by atoms with E-state index in [2.05, 4.69) is 15.7 Å². The summed E-state index contributed by atoms with van der Waals surface area (Å²) in [4.78, 5) is 0. The summed E-state index contributed by atoms with van der Waals surface area (Å²) in [5.41, 5.74) is 4.34. The van der Waals surface area contributed by atoms with Crippen molar-refractivity contribution in [1.82, 2.24) is 5.43 Å². The van der Waals surface area contributed by atoms with Gasteiger partial charge >= 0.3 is 0 Å². The number of allylic oxidation sites excluding steroid dienone is 2. The average molecular weight is 226 g/mol. The molecule has 0 radical (unpaired) electrons. The van der Waals surface area contributed by atoms with Crippen LogP contribution in [0.25, 0.3) is 0 Å². The summed E-state index contributed by atoms with van der Waals surface area (Å²) < 4.78 is 0. The highest BCUT2D eigenvalue weighted by Gasteiger charge is 2.09. The Morgan fingerprint density at radius 3 is 2.76 bits per heavy atom. The van der Waals surface area contributed by atoms with Crippen molar-refractivity contribution < 1.29 is 0 Å². The summed E-state index contributed by atoms with van der Waals surface area (Å²) in [6, 6.07) is 9.56. The fourth-order valence-corrected chi connectivity index (χ4v) is 1.50. The van der Waals surface area contributed by atoms with Crippen molar-refractivity contribution in [2.24, 2.45) is 16.1 Å². The van der Waals surface area contributed by atoms with Crippen LogP contribution in [-0.2, 0) is 0 Å². The first-order chi connectivity index (χ1) is 8.40. The van der Waals surface area contributed by atoms with Gasteiger partial charge in [-0.2, -0.15) is 10.2 Å². The molecule has 1 atom stereocenters. The molecule has 0 amide bonds. The van der Waals surface area contributed by atoms with Crippen molar-refractivity contribution >= 4 is 5.69 Å². The zero-order chi connectivity index (χ0) is 11.9. The molecule has 1 aliphatic carbocycles. The molecule has 2 rings (SSSR count). The number of nitrogens with two attached hydrogens (primary N) is 1. The van der Waals surface area contributed by atoms with E-state index in [1.165, 1.54) is 0 Å². The summed E-state index contributed by atoms with van der Waals surface area (Å²) in [5.74, 6) is 5.27. The maximum absolute atomic E-state index is 5.27. The number of azo groups is 1. The van der Waals surface area contributed by atoms with Crippen LogP contribution in [0, 0.1) is 0 Å². The van der Waals surface area contributed by atoms with Crippen LogP contribution in [0.5, 0.6) is 0 Å². The van der Waals surface area contributed by atoms with Crippen LogP contribution < -0.4 is 11.3 Å². The van der Waals surface area contributed by atoms with E-state index in [1.807, 2.05) is 54.6 Å². The third kappa shape index (κ3) is 3.12. The molecule has 86 valence electrons. The molecule has 0 aromatic heterocycles. The van der Waals surface area contributed by atoms with Crippen molar-refractivity contribution in [2.45, 2.75) is 6.04 Å². The van der Waals surface area contributed by atoms with Gasteiger partial charge in [0, 0.05) is 6.20 Å². The molecule has 0 bridgehead atoms. The van der Waals surface area contributed by atoms with Gasteiger partial charge in [-0.05, 0) is 17.7 Å². The lowest BCUT2D eigenvalue weighted by Crippen LogP contribution is -2.17. The smallest absolute Gasteiger partial charge is 0.116 e. The molecule has 0 aliphatic heterocycles. The molecule has 0 fully saturated rings. The van der Waals surface area contributed by atoms with Gasteiger partial charge < -0.3 is 5.43 Å². The number of nitrogens with one attached hydrogen (secondary N) is 1. The molecule has 0 saturated heterocycles. The maximum atomic E-state index is 5.27. The minimum Gasteiger partial charge on any atom is -0.331 e. The second-order valence-electron chi connectivity index (χ2n) is 3.55. The summed E-state index contributed by atoms with van der Waals surface area (Å²) in [7, 11) is 0. The van der Waals surface area contributed by atoms with Crippen molar-refractivity contribution in [2.75, 3.05) is 0 Å². The lowest BCUT2D eigenvalue weighted by Gasteiger charge is -2.10. The standard InChI is InChI=1S/C13H14N4/c14-15-10-11-6-4-5-9-13(11)17-16-12-7-2-1-3-8-12/h1-10,13,15H,14H2. The summed E-state index contributed by atoms with van der Waals surface area (Å²) >= 11 is 0. The molecular formula is C13H14N4. The predicted octanol–water partition coefficient (Wildman–Crippen LogP) is 2.61. The molecule has 0 spiro atoms. The fraction of sp³-hybridized carbons (Fsp3) is 0.0769. The maximum Gasteiger partial charge on any atom is 0.116 e. The molecule has 1 aliphatic rings. The first-order valence-corrected chi connectivity index (χ1v) is 5.37. The number of rotatable bonds is 3. The Labute approximate surface area is 100 Å². The summed E-state index contributed by atoms with van der Waals surface area (Å²) in [5, 5.41) is 8.47. The molecule has 0 saturated carbocycles. The van der Waals surface area contributed by atoms with E-state index >= 15 is 0 Å². The second-order valence-corrected chi connectivity index (χ2v) is 3.55. The fourth-order valence-electron chi connectivity index (χ4n) is 1.50. The summed E-state index contributed by atoms with van der Waals surface area (Å²) in [6.07, 6.45) is 9.53. The highest BCUT2D eigenvalue weighted by Crippen LogP contribution is 2.18. The Morgan fingerprint density at radius 2 is 2.00 bits per heavy atom. The Bertz CT molecular complexity index is 471. The third-order valence-corrected chi connectivity index (χ3v) is 2.34. The number of hydrogen-bond acceptors (Lipinski definition) is 4. The van der Waals surface area contributed by atoms with Crippen LogP contribution in [0.1, 0.15) is 0 Å². The Hall–Kier alpha value is -2.20. The highest BCUT2D eigenvalue weighted by atomic mass is 15.2. The largest absolute Gasteiger partial charge is 0.331 e. The Kier molecular flexibility index (Phi) is 3.83. The van der Waals surface area contributed by atoms with Crippen molar-refractivity contribution in [3.63, 3.8) is 0 Å². The Balaban J connectivity index is 2.13. The minimum absolute atomic E-state index is 0.0868. The van der Waals surface area contributed by atoms with Gasteiger partial charge in [0.15, 0.2) is 0 Å². The van der Waals surface area contributed by atoms with Crippen LogP contribution >= 0.6 is 0 Å². The average Bonchev–Trinajstić information content (AvgIpc) is 2.39. The van der Waals surface area contributed by atoms with Crippen LogP contribution in [0.2, 0.25) is 0 Å². The molecule has 4 nitrogen and oxygen atoms in total. The topological polar surface area (TPSA) is 62.8 Å². The zero-order valence-electron chi connectivity index (χ0n) is 9.32. The van der Waals surface area contributed by atoms with Crippen molar-refractivity contribution in [3.05, 3.63) is 66.4 Å². The highest BCUT2D eigenvalue weighted by molar-refractivity contribution is 5.38. The van der Waals surface area contributed by atoms with Gasteiger partial charge in [-0.25, -0.2) is 0 Å². The molecule has 17 heavy (non-hydrogen) atoms. The van der Waals surface area contributed by atoms with E-state index < -0.39 is 0 Å². The normalized spacial score (nSPS) is 21.2. The van der Waals surface area contributed by atoms with E-state index in [0.717, 1.165) is 11.3 Å². The number of benzene rings is 1. The molecule has 1 aromatic rings. The summed E-state index contributed by atoms with van der Waals surface area (Å²) in [6.45, 7) is 0. The van der Waals surface area contributed by atoms with Gasteiger partial charge in [0.05, 0.1) is 5.69 Å².